The first-order valence-electron chi connectivity index (χ1n) is 10.8. The van der Waals surface area contributed by atoms with Crippen molar-refractivity contribution in [1.29, 1.82) is 0 Å². The lowest BCUT2D eigenvalue weighted by molar-refractivity contribution is 0.699. The molecule has 0 saturated heterocycles. The van der Waals surface area contributed by atoms with Gasteiger partial charge < -0.3 is 4.57 Å². The number of hydrogen-bond donors (Lipinski definition) is 0. The van der Waals surface area contributed by atoms with Crippen LogP contribution in [0, 0.1) is 27.7 Å². The lowest BCUT2D eigenvalue weighted by Crippen LogP contribution is -2.18. The maximum absolute atomic E-state index is 13.2. The predicted molar refractivity (Wildman–Crippen MR) is 128 cm³/mol. The van der Waals surface area contributed by atoms with Crippen LogP contribution in [-0.2, 0) is 12.8 Å². The summed E-state index contributed by atoms with van der Waals surface area (Å²) in [4.78, 5) is 19.9. The third kappa shape index (κ3) is 3.26. The Labute approximate surface area is 185 Å². The van der Waals surface area contributed by atoms with Crippen LogP contribution < -0.4 is 5.56 Å². The molecule has 31 heavy (non-hydrogen) atoms. The Morgan fingerprint density at radius 3 is 2.77 bits per heavy atom. The molecule has 0 N–H and O–H groups in total. The van der Waals surface area contributed by atoms with Gasteiger partial charge in [0.25, 0.3) is 5.56 Å². The van der Waals surface area contributed by atoms with E-state index in [1.807, 2.05) is 0 Å². The molecule has 0 aliphatic heterocycles. The number of benzene rings is 1. The van der Waals surface area contributed by atoms with Gasteiger partial charge in [-0.05, 0) is 82.2 Å². The fourth-order valence-electron chi connectivity index (χ4n) is 4.61. The lowest BCUT2D eigenvalue weighted by atomic mass is 9.97. The average Bonchev–Trinajstić information content (AvgIpc) is 3.27. The Hall–Kier alpha value is -2.99. The Kier molecular flexibility index (Phi) is 4.89. The Morgan fingerprint density at radius 2 is 1.94 bits per heavy atom. The molecule has 0 bridgehead atoms. The van der Waals surface area contributed by atoms with E-state index in [1.165, 1.54) is 38.4 Å². The first kappa shape index (κ1) is 19.9. The highest BCUT2D eigenvalue weighted by atomic mass is 32.1. The molecule has 1 aromatic carbocycles. The van der Waals surface area contributed by atoms with Crippen LogP contribution in [0.15, 0.2) is 40.5 Å². The Morgan fingerprint density at radius 1 is 1.13 bits per heavy atom. The third-order valence-corrected chi connectivity index (χ3v) is 7.67. The van der Waals surface area contributed by atoms with Crippen LogP contribution in [-0.4, -0.2) is 20.4 Å². The first-order chi connectivity index (χ1) is 15.0. The zero-order valence-corrected chi connectivity index (χ0v) is 19.2. The van der Waals surface area contributed by atoms with Gasteiger partial charge in [-0.25, -0.2) is 4.98 Å². The molecule has 3 aromatic heterocycles. The van der Waals surface area contributed by atoms with E-state index in [2.05, 4.69) is 66.6 Å². The van der Waals surface area contributed by atoms with Gasteiger partial charge in [0, 0.05) is 27.5 Å². The number of rotatable bonds is 3. The molecule has 0 atom stereocenters. The minimum absolute atomic E-state index is 0.0658. The Balaban J connectivity index is 1.56. The molecule has 0 spiro atoms. The van der Waals surface area contributed by atoms with Crippen LogP contribution in [0.25, 0.3) is 15.9 Å². The standard InChI is InChI=1S/C25H26N4OS/c1-15-8-7-10-21(17(15)3)29-16(2)12-19(18(29)4)13-27-28-14-26-24-23(25(28)30)20-9-5-6-11-22(20)31-24/h7-8,10,12-14H,5-6,9,11H2,1-4H3/b27-13-. The summed E-state index contributed by atoms with van der Waals surface area (Å²) in [5, 5.41) is 5.28. The Bertz CT molecular complexity index is 1400. The lowest BCUT2D eigenvalue weighted by Gasteiger charge is -2.14. The molecule has 0 fully saturated rings. The van der Waals surface area contributed by atoms with Gasteiger partial charge >= 0.3 is 0 Å². The maximum Gasteiger partial charge on any atom is 0.282 e. The molecule has 5 rings (SSSR count). The number of fused-ring (bicyclic) bond motifs is 3. The van der Waals surface area contributed by atoms with Crippen molar-refractivity contribution in [1.82, 2.24) is 14.2 Å². The van der Waals surface area contributed by atoms with Crippen LogP contribution >= 0.6 is 11.3 Å². The molecule has 0 saturated carbocycles. The zero-order valence-electron chi connectivity index (χ0n) is 18.4. The molecule has 0 radical (unpaired) electrons. The smallest absolute Gasteiger partial charge is 0.282 e. The van der Waals surface area contributed by atoms with Gasteiger partial charge in [-0.2, -0.15) is 9.78 Å². The molecule has 1 aliphatic rings. The summed E-state index contributed by atoms with van der Waals surface area (Å²) in [7, 11) is 0. The van der Waals surface area contributed by atoms with E-state index in [9.17, 15) is 4.79 Å². The second-order valence-corrected chi connectivity index (χ2v) is 9.49. The van der Waals surface area contributed by atoms with E-state index in [0.29, 0.717) is 0 Å². The molecule has 1 aliphatic carbocycles. The van der Waals surface area contributed by atoms with Crippen molar-refractivity contribution in [3.63, 3.8) is 0 Å². The van der Waals surface area contributed by atoms with Crippen molar-refractivity contribution in [2.45, 2.75) is 53.4 Å². The average molecular weight is 431 g/mol. The highest BCUT2D eigenvalue weighted by Crippen LogP contribution is 2.33. The molecule has 4 aromatic rings. The quantitative estimate of drug-likeness (QED) is 0.417. The number of hydrogen-bond acceptors (Lipinski definition) is 4. The monoisotopic (exact) mass is 430 g/mol. The summed E-state index contributed by atoms with van der Waals surface area (Å²) in [5.41, 5.74) is 8.08. The summed E-state index contributed by atoms with van der Waals surface area (Å²) < 4.78 is 3.64. The van der Waals surface area contributed by atoms with Gasteiger partial charge in [-0.15, -0.1) is 11.3 Å². The van der Waals surface area contributed by atoms with Gasteiger partial charge in [0.2, 0.25) is 0 Å². The minimum Gasteiger partial charge on any atom is -0.318 e. The summed E-state index contributed by atoms with van der Waals surface area (Å²) >= 11 is 1.67. The highest BCUT2D eigenvalue weighted by molar-refractivity contribution is 7.18. The number of nitrogens with zero attached hydrogens (tertiary/aromatic N) is 4. The van der Waals surface area contributed by atoms with Crippen LogP contribution in [0.1, 0.15) is 51.4 Å². The van der Waals surface area contributed by atoms with Gasteiger partial charge in [0.1, 0.15) is 11.2 Å². The molecule has 0 unspecified atom stereocenters. The van der Waals surface area contributed by atoms with Crippen molar-refractivity contribution in [2.75, 3.05) is 0 Å². The summed E-state index contributed by atoms with van der Waals surface area (Å²) in [6.07, 6.45) is 7.69. The fraction of sp³-hybridized carbons (Fsp3) is 0.320. The van der Waals surface area contributed by atoms with Gasteiger partial charge in [0.05, 0.1) is 11.6 Å². The summed E-state index contributed by atoms with van der Waals surface area (Å²) in [6.45, 7) is 8.48. The zero-order chi connectivity index (χ0) is 21.7. The normalized spacial score (nSPS) is 13.9. The largest absolute Gasteiger partial charge is 0.318 e. The van der Waals surface area contributed by atoms with E-state index in [4.69, 9.17) is 0 Å². The van der Waals surface area contributed by atoms with Gasteiger partial charge in [0.15, 0.2) is 0 Å². The third-order valence-electron chi connectivity index (χ3n) is 6.47. The highest BCUT2D eigenvalue weighted by Gasteiger charge is 2.20. The molecule has 5 nitrogen and oxygen atoms in total. The van der Waals surface area contributed by atoms with Gasteiger partial charge in [-0.3, -0.25) is 4.79 Å². The van der Waals surface area contributed by atoms with E-state index in [-0.39, 0.29) is 5.56 Å². The molecular weight excluding hydrogens is 404 g/mol. The van der Waals surface area contributed by atoms with Crippen molar-refractivity contribution >= 4 is 27.8 Å². The van der Waals surface area contributed by atoms with Crippen molar-refractivity contribution in [3.8, 4) is 5.69 Å². The van der Waals surface area contributed by atoms with E-state index < -0.39 is 0 Å². The van der Waals surface area contributed by atoms with E-state index in [0.717, 1.165) is 46.4 Å². The fourth-order valence-corrected chi connectivity index (χ4v) is 5.83. The number of aryl methyl sites for hydroxylation is 4. The van der Waals surface area contributed by atoms with Crippen LogP contribution in [0.5, 0.6) is 0 Å². The van der Waals surface area contributed by atoms with Crippen LogP contribution in [0.4, 0.5) is 0 Å². The number of thiophene rings is 1. The minimum atomic E-state index is -0.0658. The first-order valence-corrected chi connectivity index (χ1v) is 11.6. The van der Waals surface area contributed by atoms with E-state index >= 15 is 0 Å². The van der Waals surface area contributed by atoms with Gasteiger partial charge in [-0.1, -0.05) is 12.1 Å². The molecule has 0 amide bonds. The SMILES string of the molecule is Cc1cccc(-n2c(C)cc(/C=N\n3cnc4sc5c(c4c3=O)CCCC5)c2C)c1C. The second-order valence-electron chi connectivity index (χ2n) is 8.41. The summed E-state index contributed by atoms with van der Waals surface area (Å²) in [5.74, 6) is 0. The van der Waals surface area contributed by atoms with Crippen molar-refractivity contribution in [3.05, 3.63) is 79.5 Å². The topological polar surface area (TPSA) is 52.2 Å². The number of aromatic nitrogens is 3. The predicted octanol–water partition coefficient (Wildman–Crippen LogP) is 5.24. The van der Waals surface area contributed by atoms with Crippen molar-refractivity contribution < 1.29 is 0 Å². The molecule has 3 heterocycles. The van der Waals surface area contributed by atoms with Crippen LogP contribution in [0.2, 0.25) is 0 Å². The molecule has 158 valence electrons. The maximum atomic E-state index is 13.2. The summed E-state index contributed by atoms with van der Waals surface area (Å²) in [6, 6.07) is 8.48. The van der Waals surface area contributed by atoms with E-state index in [1.54, 1.807) is 23.9 Å². The molecular formula is C25H26N4OS. The van der Waals surface area contributed by atoms with Crippen molar-refractivity contribution in [2.24, 2.45) is 5.10 Å². The second kappa shape index (κ2) is 7.61. The van der Waals surface area contributed by atoms with Crippen LogP contribution in [0.3, 0.4) is 0 Å². The molecule has 6 heteroatoms.